The van der Waals surface area contributed by atoms with Gasteiger partial charge in [0.25, 0.3) is 10.9 Å². The third kappa shape index (κ3) is 4.11. The van der Waals surface area contributed by atoms with Crippen LogP contribution in [0.25, 0.3) is 0 Å². The summed E-state index contributed by atoms with van der Waals surface area (Å²) in [4.78, 5) is 26.3. The highest BCUT2D eigenvalue weighted by molar-refractivity contribution is 7.90. The molecule has 1 unspecified atom stereocenters. The van der Waals surface area contributed by atoms with Gasteiger partial charge in [-0.15, -0.1) is 9.82 Å². The zero-order valence-electron chi connectivity index (χ0n) is 17.5. The maximum absolute atomic E-state index is 12.7. The molecule has 2 aliphatic carbocycles. The van der Waals surface area contributed by atoms with Crippen LogP contribution in [0, 0.1) is 11.3 Å². The number of nitrogens with one attached hydrogen (secondary N) is 2. The molecular weight excluding hydrogens is 416 g/mol. The van der Waals surface area contributed by atoms with Gasteiger partial charge in [0, 0.05) is 25.8 Å². The van der Waals surface area contributed by atoms with Crippen molar-refractivity contribution < 1.29 is 14.1 Å². The first-order chi connectivity index (χ1) is 14.9. The number of nitriles is 1. The molecule has 1 aromatic carbocycles. The van der Waals surface area contributed by atoms with Crippen LogP contribution in [0.15, 0.2) is 17.2 Å². The van der Waals surface area contributed by atoms with Crippen molar-refractivity contribution in [1.29, 1.82) is 5.26 Å². The van der Waals surface area contributed by atoms with Crippen LogP contribution in [0.5, 0.6) is 0 Å². The molecule has 31 heavy (non-hydrogen) atoms. The van der Waals surface area contributed by atoms with Crippen LogP contribution >= 0.6 is 0 Å². The van der Waals surface area contributed by atoms with Crippen LogP contribution in [-0.2, 0) is 44.1 Å². The molecule has 2 N–H and O–H groups in total. The molecule has 1 aromatic heterocycles. The van der Waals surface area contributed by atoms with E-state index in [0.29, 0.717) is 0 Å². The van der Waals surface area contributed by atoms with Crippen molar-refractivity contribution >= 4 is 29.0 Å². The standard InChI is InChI=1S/C21H24N6O3S/c1-26(10-9-22)20(28)17-12-18(24-27(17)2)31(30)25-21(29)23-19-15-7-3-5-13(15)11-14-6-4-8-16(14)19/h11-12H,3-8,10H2,1-2H3,(H2,23,25,29). The number of amides is 3. The minimum Gasteiger partial charge on any atom is -0.586 e. The lowest BCUT2D eigenvalue weighted by molar-refractivity contribution is 0.0801. The predicted octanol–water partition coefficient (Wildman–Crippen LogP) is 1.84. The molecule has 0 spiro atoms. The summed E-state index contributed by atoms with van der Waals surface area (Å²) < 4.78 is 16.4. The van der Waals surface area contributed by atoms with E-state index in [0.717, 1.165) is 44.2 Å². The Morgan fingerprint density at radius 1 is 1.23 bits per heavy atom. The second kappa shape index (κ2) is 8.61. The van der Waals surface area contributed by atoms with Crippen LogP contribution in [0.2, 0.25) is 0 Å². The van der Waals surface area contributed by atoms with Crippen molar-refractivity contribution in [2.24, 2.45) is 7.05 Å². The van der Waals surface area contributed by atoms with Gasteiger partial charge in [0.2, 0.25) is 0 Å². The number of rotatable bonds is 5. The van der Waals surface area contributed by atoms with Gasteiger partial charge < -0.3 is 14.8 Å². The summed E-state index contributed by atoms with van der Waals surface area (Å²) >= 11 is -1.94. The first kappa shape index (κ1) is 21.2. The topological polar surface area (TPSA) is 126 Å². The van der Waals surface area contributed by atoms with Crippen molar-refractivity contribution in [3.05, 3.63) is 40.1 Å². The summed E-state index contributed by atoms with van der Waals surface area (Å²) in [5.41, 5.74) is 6.02. The smallest absolute Gasteiger partial charge is 0.361 e. The van der Waals surface area contributed by atoms with Gasteiger partial charge in [-0.25, -0.2) is 4.79 Å². The molecule has 1 heterocycles. The maximum atomic E-state index is 12.7. The Labute approximate surface area is 183 Å². The average Bonchev–Trinajstić information content (AvgIpc) is 3.46. The lowest BCUT2D eigenvalue weighted by atomic mass is 9.99. The highest BCUT2D eigenvalue weighted by atomic mass is 32.2. The molecule has 2 aromatic rings. The summed E-state index contributed by atoms with van der Waals surface area (Å²) in [7, 11) is 3.04. The summed E-state index contributed by atoms with van der Waals surface area (Å²) in [6.07, 6.45) is 6.06. The van der Waals surface area contributed by atoms with Crippen LogP contribution < -0.4 is 10.0 Å². The van der Waals surface area contributed by atoms with E-state index in [1.54, 1.807) is 7.05 Å². The molecule has 162 valence electrons. The molecule has 10 heteroatoms. The number of aromatic nitrogens is 2. The van der Waals surface area contributed by atoms with Gasteiger partial charge >= 0.3 is 6.03 Å². The fourth-order valence-electron chi connectivity index (χ4n) is 4.35. The summed E-state index contributed by atoms with van der Waals surface area (Å²) in [5, 5.41) is 15.9. The highest BCUT2D eigenvalue weighted by Crippen LogP contribution is 2.38. The van der Waals surface area contributed by atoms with E-state index in [-0.39, 0.29) is 17.3 Å². The lowest BCUT2D eigenvalue weighted by Gasteiger charge is -2.16. The van der Waals surface area contributed by atoms with E-state index < -0.39 is 23.3 Å². The molecule has 0 aliphatic heterocycles. The Hall–Kier alpha value is -3.03. The minimum absolute atomic E-state index is 0.0647. The Kier molecular flexibility index (Phi) is 5.89. The van der Waals surface area contributed by atoms with Crippen molar-refractivity contribution in [1.82, 2.24) is 19.4 Å². The van der Waals surface area contributed by atoms with Crippen LogP contribution in [0.4, 0.5) is 10.5 Å². The fraction of sp³-hybridized carbons (Fsp3) is 0.429. The molecule has 2 aliphatic rings. The van der Waals surface area contributed by atoms with E-state index in [2.05, 4.69) is 21.2 Å². The lowest BCUT2D eigenvalue weighted by Crippen LogP contribution is -2.35. The van der Waals surface area contributed by atoms with E-state index in [9.17, 15) is 14.1 Å². The van der Waals surface area contributed by atoms with Crippen LogP contribution in [-0.4, -0.2) is 44.8 Å². The molecule has 0 fully saturated rings. The molecule has 0 bridgehead atoms. The van der Waals surface area contributed by atoms with Gasteiger partial charge in [-0.05, 0) is 60.8 Å². The molecule has 0 radical (unpaired) electrons. The Morgan fingerprint density at radius 3 is 2.48 bits per heavy atom. The summed E-state index contributed by atoms with van der Waals surface area (Å²) in [6.45, 7) is -0.0746. The number of carbonyl (C=O) groups is 2. The fourth-order valence-corrected chi connectivity index (χ4v) is 5.09. The molecular formula is C21H24N6O3S. The first-order valence-electron chi connectivity index (χ1n) is 10.2. The third-order valence-corrected chi connectivity index (χ3v) is 6.77. The molecule has 9 nitrogen and oxygen atoms in total. The maximum Gasteiger partial charge on any atom is 0.361 e. The monoisotopic (exact) mass is 440 g/mol. The molecule has 1 atom stereocenters. The minimum atomic E-state index is -1.94. The molecule has 4 rings (SSSR count). The number of hydrogen-bond donors (Lipinski definition) is 2. The normalized spacial score (nSPS) is 15.0. The number of aryl methyl sites for hydroxylation is 3. The Bertz CT molecular complexity index is 1060. The number of anilines is 1. The van der Waals surface area contributed by atoms with Crippen LogP contribution in [0.1, 0.15) is 45.6 Å². The van der Waals surface area contributed by atoms with E-state index in [1.807, 2.05) is 6.07 Å². The molecule has 3 amide bonds. The predicted molar refractivity (Wildman–Crippen MR) is 115 cm³/mol. The van der Waals surface area contributed by atoms with Gasteiger partial charge in [0.15, 0.2) is 0 Å². The van der Waals surface area contributed by atoms with Crippen molar-refractivity contribution in [3.63, 3.8) is 0 Å². The zero-order valence-corrected chi connectivity index (χ0v) is 18.3. The zero-order chi connectivity index (χ0) is 22.1. The van der Waals surface area contributed by atoms with Gasteiger partial charge in [-0.1, -0.05) is 6.07 Å². The SMILES string of the molecule is CN(CC#N)C(=O)c1cc([S+]([O-])NC(=O)Nc2c3c(cc4c2CCC4)CCC3)nn1C. The Morgan fingerprint density at radius 2 is 1.87 bits per heavy atom. The molecule has 0 saturated carbocycles. The highest BCUT2D eigenvalue weighted by Gasteiger charge is 2.28. The van der Waals surface area contributed by atoms with E-state index >= 15 is 0 Å². The Balaban J connectivity index is 1.48. The summed E-state index contributed by atoms with van der Waals surface area (Å²) in [6, 6.07) is 4.98. The second-order valence-corrected chi connectivity index (χ2v) is 9.03. The van der Waals surface area contributed by atoms with Gasteiger partial charge in [0.1, 0.15) is 23.6 Å². The average molecular weight is 441 g/mol. The quantitative estimate of drug-likeness (QED) is 0.542. The number of urea groups is 1. The molecule has 0 saturated heterocycles. The van der Waals surface area contributed by atoms with Gasteiger partial charge in [-0.2, -0.15) is 5.26 Å². The number of carbonyl (C=O) groups excluding carboxylic acids is 2. The number of hydrogen-bond acceptors (Lipinski definition) is 5. The van der Waals surface area contributed by atoms with Gasteiger partial charge in [0.05, 0.1) is 6.07 Å². The largest absolute Gasteiger partial charge is 0.586 e. The van der Waals surface area contributed by atoms with E-state index in [4.69, 9.17) is 5.26 Å². The first-order valence-corrected chi connectivity index (χ1v) is 11.4. The number of nitrogens with zero attached hydrogens (tertiary/aromatic N) is 4. The summed E-state index contributed by atoms with van der Waals surface area (Å²) in [5.74, 6) is -0.417. The van der Waals surface area contributed by atoms with Crippen molar-refractivity contribution in [2.45, 2.75) is 43.6 Å². The van der Waals surface area contributed by atoms with E-state index in [1.165, 1.54) is 44.9 Å². The van der Waals surface area contributed by atoms with Gasteiger partial charge in [-0.3, -0.25) is 9.48 Å². The second-order valence-electron chi connectivity index (χ2n) is 7.87. The number of benzene rings is 1. The number of fused-ring (bicyclic) bond motifs is 2. The van der Waals surface area contributed by atoms with Crippen LogP contribution in [0.3, 0.4) is 0 Å². The van der Waals surface area contributed by atoms with Crippen molar-refractivity contribution in [3.8, 4) is 6.07 Å². The third-order valence-electron chi connectivity index (χ3n) is 5.82. The van der Waals surface area contributed by atoms with Crippen molar-refractivity contribution in [2.75, 3.05) is 18.9 Å².